The van der Waals surface area contributed by atoms with Gasteiger partial charge in [-0.15, -0.1) is 0 Å². The van der Waals surface area contributed by atoms with Crippen LogP contribution in [0.25, 0.3) is 0 Å². The van der Waals surface area contributed by atoms with E-state index >= 15 is 0 Å². The van der Waals surface area contributed by atoms with Crippen LogP contribution in [0.3, 0.4) is 0 Å². The second-order valence-corrected chi connectivity index (χ2v) is 2.90. The molecule has 0 unspecified atom stereocenters. The molecule has 2 N–H and O–H groups in total. The number of halogens is 2. The molecule has 0 amide bonds. The van der Waals surface area contributed by atoms with Crippen LogP contribution in [0.1, 0.15) is 17.6 Å². The lowest BCUT2D eigenvalue weighted by molar-refractivity contribution is 0.150. The Hall–Kier alpha value is -1.16. The summed E-state index contributed by atoms with van der Waals surface area (Å²) < 4.78 is 24.8. The molecule has 0 aliphatic rings. The molecule has 0 saturated carbocycles. The number of nitrogens with two attached hydrogens (primary N) is 1. The minimum absolute atomic E-state index is 0.0369. The summed E-state index contributed by atoms with van der Waals surface area (Å²) in [5, 5.41) is 1.33. The third kappa shape index (κ3) is 1.95. The first-order chi connectivity index (χ1) is 6.04. The first kappa shape index (κ1) is 9.92. The predicted octanol–water partition coefficient (Wildman–Crippen LogP) is 2.24. The molecule has 13 heavy (non-hydrogen) atoms. The van der Waals surface area contributed by atoms with Crippen molar-refractivity contribution < 1.29 is 8.78 Å². The van der Waals surface area contributed by atoms with Crippen molar-refractivity contribution in [3.63, 3.8) is 0 Å². The quantitative estimate of drug-likeness (QED) is 0.567. The number of anilines is 1. The van der Waals surface area contributed by atoms with Crippen LogP contribution in [0.5, 0.6) is 0 Å². The van der Waals surface area contributed by atoms with Gasteiger partial charge in [0.2, 0.25) is 0 Å². The second-order valence-electron chi connectivity index (χ2n) is 2.90. The summed E-state index contributed by atoms with van der Waals surface area (Å²) in [5.74, 6) is 5.47. The molecular formula is C9H12F2N2. The van der Waals surface area contributed by atoms with Gasteiger partial charge in [0, 0.05) is 12.6 Å². The second kappa shape index (κ2) is 3.70. The Bertz CT molecular complexity index is 271. The first-order valence-corrected chi connectivity index (χ1v) is 3.90. The molecule has 0 heterocycles. The van der Waals surface area contributed by atoms with E-state index in [0.29, 0.717) is 11.3 Å². The Morgan fingerprint density at radius 1 is 1.38 bits per heavy atom. The normalized spacial score (nSPS) is 10.6. The van der Waals surface area contributed by atoms with Crippen molar-refractivity contribution in [2.24, 2.45) is 5.84 Å². The number of hydrogen-bond acceptors (Lipinski definition) is 2. The van der Waals surface area contributed by atoms with E-state index in [2.05, 4.69) is 0 Å². The topological polar surface area (TPSA) is 29.3 Å². The molecular weight excluding hydrogens is 174 g/mol. The Kier molecular flexibility index (Phi) is 2.83. The number of benzene rings is 1. The number of nitrogens with zero attached hydrogens (tertiary/aromatic N) is 1. The molecule has 0 bridgehead atoms. The molecule has 1 aromatic carbocycles. The lowest BCUT2D eigenvalue weighted by Crippen LogP contribution is -2.26. The van der Waals surface area contributed by atoms with E-state index < -0.39 is 6.43 Å². The van der Waals surface area contributed by atoms with Gasteiger partial charge >= 0.3 is 0 Å². The first-order valence-electron chi connectivity index (χ1n) is 3.90. The lowest BCUT2D eigenvalue weighted by atomic mass is 10.1. The van der Waals surface area contributed by atoms with Crippen molar-refractivity contribution >= 4 is 5.69 Å². The van der Waals surface area contributed by atoms with E-state index in [4.69, 9.17) is 5.84 Å². The summed E-state index contributed by atoms with van der Waals surface area (Å²) in [5.41, 5.74) is 1.19. The number of rotatable bonds is 2. The zero-order valence-electron chi connectivity index (χ0n) is 7.59. The molecule has 0 fully saturated rings. The summed E-state index contributed by atoms with van der Waals surface area (Å²) in [7, 11) is 1.62. The zero-order valence-corrected chi connectivity index (χ0v) is 7.59. The lowest BCUT2D eigenvalue weighted by Gasteiger charge is -2.17. The maximum absolute atomic E-state index is 12.4. The highest BCUT2D eigenvalue weighted by molar-refractivity contribution is 5.54. The number of hydrogen-bond donors (Lipinski definition) is 1. The average molecular weight is 186 g/mol. The van der Waals surface area contributed by atoms with Gasteiger partial charge in [-0.1, -0.05) is 12.1 Å². The Balaban J connectivity index is 3.18. The highest BCUT2D eigenvalue weighted by Gasteiger charge is 2.13. The molecule has 0 spiro atoms. The highest BCUT2D eigenvalue weighted by atomic mass is 19.3. The van der Waals surface area contributed by atoms with E-state index in [1.165, 1.54) is 11.1 Å². The van der Waals surface area contributed by atoms with Gasteiger partial charge in [0.1, 0.15) is 0 Å². The van der Waals surface area contributed by atoms with E-state index in [9.17, 15) is 8.78 Å². The van der Waals surface area contributed by atoms with Gasteiger partial charge in [0.05, 0.1) is 5.69 Å². The summed E-state index contributed by atoms with van der Waals surface area (Å²) in [6, 6.07) is 4.70. The van der Waals surface area contributed by atoms with Gasteiger partial charge < -0.3 is 5.01 Å². The van der Waals surface area contributed by atoms with E-state index in [1.54, 1.807) is 26.1 Å². The highest BCUT2D eigenvalue weighted by Crippen LogP contribution is 2.28. The maximum atomic E-state index is 12.4. The molecule has 0 aromatic heterocycles. The summed E-state index contributed by atoms with van der Waals surface area (Å²) >= 11 is 0. The Labute approximate surface area is 75.9 Å². The number of hydrazine groups is 1. The van der Waals surface area contributed by atoms with Crippen molar-refractivity contribution in [1.82, 2.24) is 0 Å². The molecule has 0 atom stereocenters. The molecule has 2 nitrogen and oxygen atoms in total. The van der Waals surface area contributed by atoms with Gasteiger partial charge in [0.15, 0.2) is 0 Å². The van der Waals surface area contributed by atoms with Crippen LogP contribution in [0.2, 0.25) is 0 Å². The summed E-state index contributed by atoms with van der Waals surface area (Å²) in [4.78, 5) is 0. The molecule has 0 saturated heterocycles. The van der Waals surface area contributed by atoms with Gasteiger partial charge in [-0.3, -0.25) is 0 Å². The minimum Gasteiger partial charge on any atom is -0.314 e. The van der Waals surface area contributed by atoms with Gasteiger partial charge in [-0.25, -0.2) is 14.6 Å². The fraction of sp³-hybridized carbons (Fsp3) is 0.333. The third-order valence-electron chi connectivity index (χ3n) is 1.96. The van der Waals surface area contributed by atoms with Gasteiger partial charge in [0.25, 0.3) is 6.43 Å². The van der Waals surface area contributed by atoms with E-state index in [-0.39, 0.29) is 5.56 Å². The average Bonchev–Trinajstić information content (AvgIpc) is 2.03. The maximum Gasteiger partial charge on any atom is 0.264 e. The molecule has 0 aliphatic heterocycles. The van der Waals surface area contributed by atoms with Crippen LogP contribution in [-0.4, -0.2) is 7.05 Å². The fourth-order valence-electron chi connectivity index (χ4n) is 1.26. The van der Waals surface area contributed by atoms with Crippen LogP contribution in [0.4, 0.5) is 14.5 Å². The van der Waals surface area contributed by atoms with Crippen molar-refractivity contribution in [2.45, 2.75) is 13.3 Å². The Morgan fingerprint density at radius 3 is 2.46 bits per heavy atom. The van der Waals surface area contributed by atoms with E-state index in [1.807, 2.05) is 0 Å². The SMILES string of the molecule is Cc1c(C(F)F)cccc1N(C)N. The van der Waals surface area contributed by atoms with Crippen LogP contribution < -0.4 is 10.9 Å². The van der Waals surface area contributed by atoms with E-state index in [0.717, 1.165) is 0 Å². The minimum atomic E-state index is -2.44. The van der Waals surface area contributed by atoms with Gasteiger partial charge in [-0.2, -0.15) is 0 Å². The third-order valence-corrected chi connectivity index (χ3v) is 1.96. The molecule has 0 aliphatic carbocycles. The fourth-order valence-corrected chi connectivity index (χ4v) is 1.26. The van der Waals surface area contributed by atoms with Crippen molar-refractivity contribution in [2.75, 3.05) is 12.1 Å². The van der Waals surface area contributed by atoms with Crippen LogP contribution in [-0.2, 0) is 0 Å². The predicted molar refractivity (Wildman–Crippen MR) is 48.7 cm³/mol. The molecule has 1 rings (SSSR count). The zero-order chi connectivity index (χ0) is 10.0. The van der Waals surface area contributed by atoms with Crippen molar-refractivity contribution in [1.29, 1.82) is 0 Å². The number of alkyl halides is 2. The smallest absolute Gasteiger partial charge is 0.264 e. The molecule has 0 radical (unpaired) electrons. The largest absolute Gasteiger partial charge is 0.314 e. The monoisotopic (exact) mass is 186 g/mol. The van der Waals surface area contributed by atoms with Crippen molar-refractivity contribution in [3.8, 4) is 0 Å². The van der Waals surface area contributed by atoms with Crippen LogP contribution >= 0.6 is 0 Å². The van der Waals surface area contributed by atoms with Gasteiger partial charge in [-0.05, 0) is 18.6 Å². The molecule has 72 valence electrons. The summed E-state index contributed by atoms with van der Waals surface area (Å²) in [6.07, 6.45) is -2.44. The molecule has 1 aromatic rings. The Morgan fingerprint density at radius 2 is 2.00 bits per heavy atom. The summed E-state index contributed by atoms with van der Waals surface area (Å²) in [6.45, 7) is 1.64. The van der Waals surface area contributed by atoms with Crippen LogP contribution in [0, 0.1) is 6.92 Å². The van der Waals surface area contributed by atoms with Crippen molar-refractivity contribution in [3.05, 3.63) is 29.3 Å². The van der Waals surface area contributed by atoms with Crippen LogP contribution in [0.15, 0.2) is 18.2 Å². The molecule has 4 heteroatoms. The standard InChI is InChI=1S/C9H12F2N2/c1-6-7(9(10)11)4-3-5-8(6)13(2)12/h3-5,9H,12H2,1-2H3.